The highest BCUT2D eigenvalue weighted by molar-refractivity contribution is 6.16. The van der Waals surface area contributed by atoms with Crippen LogP contribution in [0.15, 0.2) is 0 Å². The number of nitrogens with zero attached hydrogens (tertiary/aromatic N) is 1. The minimum Gasteiger partial charge on any atom is -0.378 e. The van der Waals surface area contributed by atoms with E-state index in [4.69, 9.17) is 9.47 Å². The van der Waals surface area contributed by atoms with Crippen LogP contribution in [0.25, 0.3) is 0 Å². The lowest BCUT2D eigenvalue weighted by Crippen LogP contribution is -2.62. The van der Waals surface area contributed by atoms with E-state index in [9.17, 15) is 14.4 Å². The fourth-order valence-electron chi connectivity index (χ4n) is 2.60. The molecule has 0 aliphatic carbocycles. The van der Waals surface area contributed by atoms with Gasteiger partial charge in [-0.15, -0.1) is 0 Å². The quantitative estimate of drug-likeness (QED) is 0.742. The van der Waals surface area contributed by atoms with Crippen molar-refractivity contribution in [3.63, 3.8) is 0 Å². The third-order valence-corrected chi connectivity index (χ3v) is 3.90. The maximum atomic E-state index is 12.4. The van der Waals surface area contributed by atoms with Crippen LogP contribution >= 0.6 is 0 Å². The molecule has 2 saturated heterocycles. The number of methoxy groups -OCH3 is 1. The molecule has 2 atom stereocenters. The van der Waals surface area contributed by atoms with Crippen LogP contribution in [0.4, 0.5) is 4.79 Å². The van der Waals surface area contributed by atoms with Crippen LogP contribution in [0.1, 0.15) is 20.3 Å². The maximum Gasteiger partial charge on any atom is 0.330 e. The number of amides is 4. The number of carbonyl (C=O) groups is 3. The first-order valence-corrected chi connectivity index (χ1v) is 6.69. The molecule has 0 radical (unpaired) electrons. The summed E-state index contributed by atoms with van der Waals surface area (Å²) in [4.78, 5) is 37.1. The first kappa shape index (κ1) is 14.9. The summed E-state index contributed by atoms with van der Waals surface area (Å²) < 4.78 is 10.7. The van der Waals surface area contributed by atoms with Gasteiger partial charge in [0, 0.05) is 20.1 Å². The van der Waals surface area contributed by atoms with E-state index in [1.807, 2.05) is 0 Å². The normalized spacial score (nSPS) is 31.1. The van der Waals surface area contributed by atoms with Gasteiger partial charge in [-0.2, -0.15) is 0 Å². The average molecular weight is 284 g/mol. The molecule has 2 aliphatic heterocycles. The SMILES string of the molecule is COC1(CN2C(=O)NC(=O)C(C(C)C)C2=O)CCOC1. The second-order valence-corrected chi connectivity index (χ2v) is 5.63. The minimum atomic E-state index is -0.830. The van der Waals surface area contributed by atoms with Crippen molar-refractivity contribution in [1.29, 1.82) is 0 Å². The van der Waals surface area contributed by atoms with E-state index in [0.29, 0.717) is 19.6 Å². The molecule has 7 nitrogen and oxygen atoms in total. The Morgan fingerprint density at radius 3 is 2.65 bits per heavy atom. The van der Waals surface area contributed by atoms with Gasteiger partial charge in [0.2, 0.25) is 11.8 Å². The van der Waals surface area contributed by atoms with E-state index in [-0.39, 0.29) is 12.5 Å². The van der Waals surface area contributed by atoms with E-state index in [2.05, 4.69) is 5.32 Å². The van der Waals surface area contributed by atoms with Gasteiger partial charge in [0.1, 0.15) is 11.5 Å². The Morgan fingerprint density at radius 1 is 1.45 bits per heavy atom. The zero-order chi connectivity index (χ0) is 14.9. The molecule has 0 aromatic heterocycles. The van der Waals surface area contributed by atoms with Gasteiger partial charge < -0.3 is 9.47 Å². The predicted octanol–water partition coefficient (Wildman–Crippen LogP) is 0.143. The summed E-state index contributed by atoms with van der Waals surface area (Å²) in [7, 11) is 1.53. The summed E-state index contributed by atoms with van der Waals surface area (Å²) in [6.45, 7) is 4.53. The summed E-state index contributed by atoms with van der Waals surface area (Å²) in [6, 6.07) is -0.680. The van der Waals surface area contributed by atoms with Crippen molar-refractivity contribution in [1.82, 2.24) is 10.2 Å². The second kappa shape index (κ2) is 5.49. The lowest BCUT2D eigenvalue weighted by atomic mass is 9.91. The highest BCUT2D eigenvalue weighted by Gasteiger charge is 2.46. The molecule has 0 spiro atoms. The Hall–Kier alpha value is -1.47. The summed E-state index contributed by atoms with van der Waals surface area (Å²) in [5, 5.41) is 2.24. The van der Waals surface area contributed by atoms with E-state index >= 15 is 0 Å². The molecule has 0 aromatic rings. The van der Waals surface area contributed by atoms with Crippen LogP contribution in [-0.2, 0) is 19.1 Å². The number of carbonyl (C=O) groups excluding carboxylic acids is 3. The molecule has 2 fully saturated rings. The van der Waals surface area contributed by atoms with Crippen LogP contribution in [-0.4, -0.2) is 55.2 Å². The smallest absolute Gasteiger partial charge is 0.330 e. The number of rotatable bonds is 4. The van der Waals surface area contributed by atoms with E-state index in [1.54, 1.807) is 13.8 Å². The molecule has 20 heavy (non-hydrogen) atoms. The third-order valence-electron chi connectivity index (χ3n) is 3.90. The van der Waals surface area contributed by atoms with Crippen molar-refractivity contribution in [2.24, 2.45) is 11.8 Å². The van der Waals surface area contributed by atoms with Crippen LogP contribution < -0.4 is 5.32 Å². The largest absolute Gasteiger partial charge is 0.378 e. The first-order valence-electron chi connectivity index (χ1n) is 6.69. The molecule has 1 N–H and O–H groups in total. The average Bonchev–Trinajstić information content (AvgIpc) is 2.83. The molecule has 2 heterocycles. The lowest BCUT2D eigenvalue weighted by molar-refractivity contribution is -0.147. The third kappa shape index (κ3) is 2.55. The van der Waals surface area contributed by atoms with Crippen LogP contribution in [0.2, 0.25) is 0 Å². The molecule has 2 aliphatic rings. The Bertz CT molecular complexity index is 428. The second-order valence-electron chi connectivity index (χ2n) is 5.63. The first-order chi connectivity index (χ1) is 9.40. The predicted molar refractivity (Wildman–Crippen MR) is 68.8 cm³/mol. The van der Waals surface area contributed by atoms with Gasteiger partial charge in [-0.05, 0) is 5.92 Å². The number of urea groups is 1. The summed E-state index contributed by atoms with van der Waals surface area (Å²) in [5.41, 5.74) is -0.672. The minimum absolute atomic E-state index is 0.102. The van der Waals surface area contributed by atoms with Crippen molar-refractivity contribution in [2.45, 2.75) is 25.9 Å². The molecule has 4 amide bonds. The molecular formula is C13H20N2O5. The zero-order valence-corrected chi connectivity index (χ0v) is 12.0. The van der Waals surface area contributed by atoms with Crippen LogP contribution in [0.3, 0.4) is 0 Å². The maximum absolute atomic E-state index is 12.4. The Balaban J connectivity index is 2.19. The standard InChI is InChI=1S/C13H20N2O5/c1-8(2)9-10(16)14-12(18)15(11(9)17)6-13(19-3)4-5-20-7-13/h8-9H,4-7H2,1-3H3,(H,14,16,18). The Labute approximate surface area is 117 Å². The summed E-state index contributed by atoms with van der Waals surface area (Å²) in [6.07, 6.45) is 0.612. The summed E-state index contributed by atoms with van der Waals surface area (Å²) >= 11 is 0. The van der Waals surface area contributed by atoms with Crippen molar-refractivity contribution in [2.75, 3.05) is 26.9 Å². The number of barbiturate groups is 1. The van der Waals surface area contributed by atoms with E-state index in [1.165, 1.54) is 7.11 Å². The fraction of sp³-hybridized carbons (Fsp3) is 0.769. The van der Waals surface area contributed by atoms with Crippen molar-refractivity contribution in [3.8, 4) is 0 Å². The fourth-order valence-corrected chi connectivity index (χ4v) is 2.60. The highest BCUT2D eigenvalue weighted by Crippen LogP contribution is 2.27. The molecule has 0 bridgehead atoms. The van der Waals surface area contributed by atoms with Crippen molar-refractivity contribution < 1.29 is 23.9 Å². The number of ether oxygens (including phenoxy) is 2. The highest BCUT2D eigenvalue weighted by atomic mass is 16.5. The Kier molecular flexibility index (Phi) is 4.10. The van der Waals surface area contributed by atoms with Crippen LogP contribution in [0.5, 0.6) is 0 Å². The molecule has 7 heteroatoms. The molecule has 0 saturated carbocycles. The van der Waals surface area contributed by atoms with Gasteiger partial charge in [-0.3, -0.25) is 19.8 Å². The molecule has 0 aromatic carbocycles. The van der Waals surface area contributed by atoms with Crippen LogP contribution in [0, 0.1) is 11.8 Å². The van der Waals surface area contributed by atoms with Gasteiger partial charge in [-0.25, -0.2) is 4.79 Å². The van der Waals surface area contributed by atoms with Gasteiger partial charge in [0.15, 0.2) is 0 Å². The van der Waals surface area contributed by atoms with Gasteiger partial charge >= 0.3 is 6.03 Å². The van der Waals surface area contributed by atoms with E-state index < -0.39 is 29.4 Å². The topological polar surface area (TPSA) is 84.9 Å². The molecular weight excluding hydrogens is 264 g/mol. The van der Waals surface area contributed by atoms with Crippen molar-refractivity contribution >= 4 is 17.8 Å². The Morgan fingerprint density at radius 2 is 2.15 bits per heavy atom. The van der Waals surface area contributed by atoms with Crippen molar-refractivity contribution in [3.05, 3.63) is 0 Å². The summed E-state index contributed by atoms with van der Waals surface area (Å²) in [5.74, 6) is -1.99. The van der Waals surface area contributed by atoms with E-state index in [0.717, 1.165) is 4.90 Å². The zero-order valence-electron chi connectivity index (χ0n) is 12.0. The van der Waals surface area contributed by atoms with Gasteiger partial charge in [0.05, 0.1) is 13.2 Å². The lowest BCUT2D eigenvalue weighted by Gasteiger charge is -2.37. The number of hydrogen-bond donors (Lipinski definition) is 1. The number of hydrogen-bond acceptors (Lipinski definition) is 5. The number of nitrogens with one attached hydrogen (secondary N) is 1. The number of imide groups is 2. The molecule has 2 unspecified atom stereocenters. The van der Waals surface area contributed by atoms with Gasteiger partial charge in [-0.1, -0.05) is 13.8 Å². The molecule has 2 rings (SSSR count). The van der Waals surface area contributed by atoms with Gasteiger partial charge in [0.25, 0.3) is 0 Å². The monoisotopic (exact) mass is 284 g/mol. The molecule has 112 valence electrons.